The van der Waals surface area contributed by atoms with E-state index in [1.807, 2.05) is 6.92 Å². The van der Waals surface area contributed by atoms with Crippen molar-refractivity contribution in [3.05, 3.63) is 28.2 Å². The molecule has 106 valence electrons. The predicted molar refractivity (Wildman–Crippen MR) is 72.1 cm³/mol. The van der Waals surface area contributed by atoms with Gasteiger partial charge < -0.3 is 10.4 Å². The Morgan fingerprint density at radius 3 is 2.84 bits per heavy atom. The Morgan fingerprint density at radius 2 is 2.16 bits per heavy atom. The molecular formula is C13H21N3O3. The fourth-order valence-electron chi connectivity index (χ4n) is 1.57. The minimum atomic E-state index is -0.289. The van der Waals surface area contributed by atoms with E-state index >= 15 is 0 Å². The number of aliphatic hydroxyl groups excluding tert-OH is 1. The average molecular weight is 267 g/mol. The monoisotopic (exact) mass is 267 g/mol. The van der Waals surface area contributed by atoms with Crippen LogP contribution in [0.5, 0.6) is 0 Å². The molecule has 1 heterocycles. The van der Waals surface area contributed by atoms with E-state index < -0.39 is 0 Å². The van der Waals surface area contributed by atoms with Crippen LogP contribution in [-0.2, 0) is 6.54 Å². The van der Waals surface area contributed by atoms with Gasteiger partial charge in [0.25, 0.3) is 11.5 Å². The highest BCUT2D eigenvalue weighted by molar-refractivity contribution is 5.91. The van der Waals surface area contributed by atoms with Gasteiger partial charge in [-0.15, -0.1) is 0 Å². The molecular weight excluding hydrogens is 246 g/mol. The molecule has 0 saturated heterocycles. The number of hydrogen-bond donors (Lipinski definition) is 2. The van der Waals surface area contributed by atoms with E-state index in [0.29, 0.717) is 19.5 Å². The minimum Gasteiger partial charge on any atom is -0.396 e. The molecule has 0 bridgehead atoms. The molecule has 0 atom stereocenters. The summed E-state index contributed by atoms with van der Waals surface area (Å²) in [5.74, 6) is -0.289. The molecule has 0 unspecified atom stereocenters. The summed E-state index contributed by atoms with van der Waals surface area (Å²) >= 11 is 0. The number of hydrogen-bond acceptors (Lipinski definition) is 4. The molecule has 0 spiro atoms. The molecule has 0 aliphatic carbocycles. The second-order valence-electron chi connectivity index (χ2n) is 4.32. The molecule has 1 rings (SSSR count). The zero-order chi connectivity index (χ0) is 14.1. The summed E-state index contributed by atoms with van der Waals surface area (Å²) in [5.41, 5.74) is 0.0602. The highest BCUT2D eigenvalue weighted by Gasteiger charge is 2.08. The summed E-state index contributed by atoms with van der Waals surface area (Å²) < 4.78 is 1.33. The summed E-state index contributed by atoms with van der Waals surface area (Å²) in [7, 11) is 0. The van der Waals surface area contributed by atoms with Gasteiger partial charge >= 0.3 is 0 Å². The third-order valence-electron chi connectivity index (χ3n) is 2.69. The highest BCUT2D eigenvalue weighted by atomic mass is 16.3. The number of nitrogens with zero attached hydrogens (tertiary/aromatic N) is 2. The second-order valence-corrected chi connectivity index (χ2v) is 4.32. The first-order valence-electron chi connectivity index (χ1n) is 6.66. The maximum Gasteiger partial charge on any atom is 0.271 e. The molecule has 19 heavy (non-hydrogen) atoms. The van der Waals surface area contributed by atoms with Crippen LogP contribution in [0, 0.1) is 0 Å². The zero-order valence-electron chi connectivity index (χ0n) is 11.3. The van der Waals surface area contributed by atoms with Crippen molar-refractivity contribution in [2.75, 3.05) is 13.2 Å². The largest absolute Gasteiger partial charge is 0.396 e. The quantitative estimate of drug-likeness (QED) is 0.673. The van der Waals surface area contributed by atoms with Crippen molar-refractivity contribution < 1.29 is 9.90 Å². The van der Waals surface area contributed by atoms with Crippen molar-refractivity contribution in [1.82, 2.24) is 15.1 Å². The van der Waals surface area contributed by atoms with Crippen LogP contribution in [0.3, 0.4) is 0 Å². The Morgan fingerprint density at radius 1 is 1.37 bits per heavy atom. The lowest BCUT2D eigenvalue weighted by Gasteiger charge is -2.07. The Balaban J connectivity index is 2.61. The van der Waals surface area contributed by atoms with Crippen LogP contribution in [0.4, 0.5) is 0 Å². The maximum absolute atomic E-state index is 11.8. The minimum absolute atomic E-state index is 0.121. The van der Waals surface area contributed by atoms with Crippen LogP contribution >= 0.6 is 0 Å². The van der Waals surface area contributed by atoms with Gasteiger partial charge in [0, 0.05) is 25.8 Å². The lowest BCUT2D eigenvalue weighted by molar-refractivity contribution is 0.0944. The van der Waals surface area contributed by atoms with E-state index in [-0.39, 0.29) is 23.8 Å². The van der Waals surface area contributed by atoms with Crippen molar-refractivity contribution in [3.8, 4) is 0 Å². The van der Waals surface area contributed by atoms with Crippen LogP contribution in [0.15, 0.2) is 16.9 Å². The Bertz CT molecular complexity index is 457. The topological polar surface area (TPSA) is 84.2 Å². The molecule has 6 heteroatoms. The molecule has 6 nitrogen and oxygen atoms in total. The summed E-state index contributed by atoms with van der Waals surface area (Å²) in [5, 5.41) is 15.4. The molecule has 0 aliphatic heterocycles. The van der Waals surface area contributed by atoms with Gasteiger partial charge in [-0.3, -0.25) is 9.59 Å². The van der Waals surface area contributed by atoms with Crippen molar-refractivity contribution >= 4 is 5.91 Å². The van der Waals surface area contributed by atoms with Crippen LogP contribution in [0.1, 0.15) is 43.1 Å². The first-order chi connectivity index (χ1) is 9.19. The molecule has 0 radical (unpaired) electrons. The standard InChI is InChI=1S/C13H21N3O3/c1-2-3-9-16-12(18)7-6-11(15-16)13(19)14-8-4-5-10-17/h6-7,17H,2-5,8-10H2,1H3,(H,14,19). The number of rotatable bonds is 8. The van der Waals surface area contributed by atoms with Gasteiger partial charge in [0.05, 0.1) is 0 Å². The molecule has 0 aromatic carbocycles. The highest BCUT2D eigenvalue weighted by Crippen LogP contribution is 1.94. The fourth-order valence-corrected chi connectivity index (χ4v) is 1.57. The molecule has 2 N–H and O–H groups in total. The zero-order valence-corrected chi connectivity index (χ0v) is 11.3. The molecule has 0 saturated carbocycles. The maximum atomic E-state index is 11.8. The Labute approximate surface area is 112 Å². The van der Waals surface area contributed by atoms with Gasteiger partial charge in [-0.2, -0.15) is 5.10 Å². The van der Waals surface area contributed by atoms with E-state index in [0.717, 1.165) is 19.3 Å². The number of aliphatic hydroxyl groups is 1. The first-order valence-corrected chi connectivity index (χ1v) is 6.66. The van der Waals surface area contributed by atoms with E-state index in [1.54, 1.807) is 0 Å². The normalized spacial score (nSPS) is 10.4. The number of carbonyl (C=O) groups is 1. The number of aromatic nitrogens is 2. The molecule has 0 fully saturated rings. The van der Waals surface area contributed by atoms with E-state index in [4.69, 9.17) is 5.11 Å². The summed E-state index contributed by atoms with van der Waals surface area (Å²) in [4.78, 5) is 23.3. The number of nitrogens with one attached hydrogen (secondary N) is 1. The van der Waals surface area contributed by atoms with Crippen LogP contribution < -0.4 is 10.9 Å². The van der Waals surface area contributed by atoms with Crippen molar-refractivity contribution in [2.24, 2.45) is 0 Å². The van der Waals surface area contributed by atoms with E-state index in [1.165, 1.54) is 16.8 Å². The molecule has 1 aromatic rings. The third-order valence-corrected chi connectivity index (χ3v) is 2.69. The Hall–Kier alpha value is -1.69. The third kappa shape index (κ3) is 5.21. The Kier molecular flexibility index (Phi) is 6.81. The van der Waals surface area contributed by atoms with Crippen LogP contribution in [0.2, 0.25) is 0 Å². The van der Waals surface area contributed by atoms with Gasteiger partial charge in [0.15, 0.2) is 0 Å². The first kappa shape index (κ1) is 15.4. The van der Waals surface area contributed by atoms with Crippen molar-refractivity contribution in [2.45, 2.75) is 39.2 Å². The van der Waals surface area contributed by atoms with Crippen LogP contribution in [-0.4, -0.2) is 33.9 Å². The van der Waals surface area contributed by atoms with Gasteiger partial charge in [-0.05, 0) is 25.3 Å². The predicted octanol–water partition coefficient (Wildman–Crippen LogP) is 0.546. The summed E-state index contributed by atoms with van der Waals surface area (Å²) in [6, 6.07) is 2.80. The smallest absolute Gasteiger partial charge is 0.271 e. The van der Waals surface area contributed by atoms with Gasteiger partial charge in [-0.1, -0.05) is 13.3 Å². The fraction of sp³-hybridized carbons (Fsp3) is 0.615. The molecule has 0 aliphatic rings. The lowest BCUT2D eigenvalue weighted by Crippen LogP contribution is -2.30. The van der Waals surface area contributed by atoms with Crippen molar-refractivity contribution in [1.29, 1.82) is 0 Å². The number of unbranched alkanes of at least 4 members (excludes halogenated alkanes) is 2. The average Bonchev–Trinajstić information content (AvgIpc) is 2.42. The molecule has 1 amide bonds. The van der Waals surface area contributed by atoms with Gasteiger partial charge in [0.1, 0.15) is 5.69 Å². The number of aryl methyl sites for hydroxylation is 1. The number of carbonyl (C=O) groups excluding carboxylic acids is 1. The summed E-state index contributed by atoms with van der Waals surface area (Å²) in [6.45, 7) is 3.18. The number of amides is 1. The SMILES string of the molecule is CCCCn1nc(C(=O)NCCCCO)ccc1=O. The van der Waals surface area contributed by atoms with Gasteiger partial charge in [-0.25, -0.2) is 4.68 Å². The summed E-state index contributed by atoms with van der Waals surface area (Å²) in [6.07, 6.45) is 3.20. The van der Waals surface area contributed by atoms with E-state index in [2.05, 4.69) is 10.4 Å². The van der Waals surface area contributed by atoms with Gasteiger partial charge in [0.2, 0.25) is 0 Å². The second kappa shape index (κ2) is 8.42. The van der Waals surface area contributed by atoms with Crippen LogP contribution in [0.25, 0.3) is 0 Å². The molecule has 1 aromatic heterocycles. The van der Waals surface area contributed by atoms with E-state index in [9.17, 15) is 9.59 Å². The van der Waals surface area contributed by atoms with Crippen molar-refractivity contribution in [3.63, 3.8) is 0 Å². The lowest BCUT2D eigenvalue weighted by atomic mass is 10.3.